The fourth-order valence-electron chi connectivity index (χ4n) is 2.34. The lowest BCUT2D eigenvalue weighted by atomic mass is 10.1. The van der Waals surface area contributed by atoms with Gasteiger partial charge in [-0.3, -0.25) is 4.79 Å². The van der Waals surface area contributed by atoms with E-state index in [0.29, 0.717) is 22.8 Å². The minimum atomic E-state index is -0.190. The fourth-order valence-corrected chi connectivity index (χ4v) is 2.34. The lowest BCUT2D eigenvalue weighted by Gasteiger charge is -2.08. The fraction of sp³-hybridized carbons (Fsp3) is 0.105. The molecular formula is C19H17N3O2. The quantitative estimate of drug-likeness (QED) is 0.796. The van der Waals surface area contributed by atoms with Crippen molar-refractivity contribution in [1.29, 1.82) is 0 Å². The molecule has 0 saturated heterocycles. The maximum atomic E-state index is 12.4. The molecule has 0 unspecified atom stereocenters. The smallest absolute Gasteiger partial charge is 0.255 e. The van der Waals surface area contributed by atoms with E-state index in [2.05, 4.69) is 15.3 Å². The number of nitrogens with one attached hydrogen (secondary N) is 1. The Hall–Kier alpha value is -3.21. The molecule has 0 saturated carbocycles. The summed E-state index contributed by atoms with van der Waals surface area (Å²) >= 11 is 0. The van der Waals surface area contributed by atoms with Crippen LogP contribution in [0.3, 0.4) is 0 Å². The van der Waals surface area contributed by atoms with E-state index in [4.69, 9.17) is 4.74 Å². The standard InChI is InChI=1S/C19H17N3O2/c1-13-20-10-9-18(21-13)14-5-3-7-16(11-14)22-19(23)15-6-4-8-17(12-15)24-2/h3-12H,1-2H3,(H,22,23). The summed E-state index contributed by atoms with van der Waals surface area (Å²) in [6.45, 7) is 1.85. The van der Waals surface area contributed by atoms with Crippen molar-refractivity contribution >= 4 is 11.6 Å². The van der Waals surface area contributed by atoms with Crippen molar-refractivity contribution < 1.29 is 9.53 Å². The molecule has 0 aliphatic heterocycles. The Morgan fingerprint density at radius 3 is 2.71 bits per heavy atom. The molecule has 1 heterocycles. The Morgan fingerprint density at radius 1 is 1.08 bits per heavy atom. The maximum absolute atomic E-state index is 12.4. The van der Waals surface area contributed by atoms with E-state index in [-0.39, 0.29) is 5.91 Å². The Balaban J connectivity index is 1.83. The highest BCUT2D eigenvalue weighted by molar-refractivity contribution is 6.04. The number of ether oxygens (including phenoxy) is 1. The second-order valence-electron chi connectivity index (χ2n) is 5.26. The molecule has 0 radical (unpaired) electrons. The second kappa shape index (κ2) is 6.91. The van der Waals surface area contributed by atoms with Crippen molar-refractivity contribution in [2.45, 2.75) is 6.92 Å². The van der Waals surface area contributed by atoms with Gasteiger partial charge in [0.15, 0.2) is 0 Å². The molecule has 0 aliphatic carbocycles. The van der Waals surface area contributed by atoms with Crippen LogP contribution in [0.1, 0.15) is 16.2 Å². The number of anilines is 1. The molecule has 1 aromatic heterocycles. The average molecular weight is 319 g/mol. The zero-order valence-corrected chi connectivity index (χ0v) is 13.5. The number of methoxy groups -OCH3 is 1. The lowest BCUT2D eigenvalue weighted by molar-refractivity contribution is 0.102. The predicted octanol–water partition coefficient (Wildman–Crippen LogP) is 3.71. The summed E-state index contributed by atoms with van der Waals surface area (Å²) in [7, 11) is 1.57. The van der Waals surface area contributed by atoms with Gasteiger partial charge in [-0.15, -0.1) is 0 Å². The van der Waals surface area contributed by atoms with E-state index in [1.54, 1.807) is 37.6 Å². The van der Waals surface area contributed by atoms with Gasteiger partial charge in [0.05, 0.1) is 12.8 Å². The second-order valence-corrected chi connectivity index (χ2v) is 5.26. The first-order valence-electron chi connectivity index (χ1n) is 7.51. The van der Waals surface area contributed by atoms with E-state index >= 15 is 0 Å². The molecule has 1 N–H and O–H groups in total. The minimum Gasteiger partial charge on any atom is -0.497 e. The highest BCUT2D eigenvalue weighted by Crippen LogP contribution is 2.21. The topological polar surface area (TPSA) is 64.1 Å². The van der Waals surface area contributed by atoms with Crippen LogP contribution in [-0.4, -0.2) is 23.0 Å². The SMILES string of the molecule is COc1cccc(C(=O)Nc2cccc(-c3ccnc(C)n3)c2)c1. The monoisotopic (exact) mass is 319 g/mol. The number of aryl methyl sites for hydroxylation is 1. The van der Waals surface area contributed by atoms with Crippen LogP contribution in [0.2, 0.25) is 0 Å². The van der Waals surface area contributed by atoms with Gasteiger partial charge in [0, 0.05) is 23.0 Å². The third-order valence-electron chi connectivity index (χ3n) is 3.52. The van der Waals surface area contributed by atoms with Crippen molar-refractivity contribution in [2.75, 3.05) is 12.4 Å². The zero-order valence-electron chi connectivity index (χ0n) is 13.5. The largest absolute Gasteiger partial charge is 0.497 e. The van der Waals surface area contributed by atoms with Crippen molar-refractivity contribution in [1.82, 2.24) is 9.97 Å². The van der Waals surface area contributed by atoms with Crippen LogP contribution in [0.5, 0.6) is 5.75 Å². The summed E-state index contributed by atoms with van der Waals surface area (Å²) in [6.07, 6.45) is 1.72. The molecule has 0 bridgehead atoms. The lowest BCUT2D eigenvalue weighted by Crippen LogP contribution is -2.11. The van der Waals surface area contributed by atoms with Crippen LogP contribution < -0.4 is 10.1 Å². The Morgan fingerprint density at radius 2 is 1.92 bits per heavy atom. The van der Waals surface area contributed by atoms with Crippen molar-refractivity contribution in [2.24, 2.45) is 0 Å². The van der Waals surface area contributed by atoms with Crippen LogP contribution in [0.4, 0.5) is 5.69 Å². The molecule has 0 atom stereocenters. The van der Waals surface area contributed by atoms with Crippen molar-refractivity contribution in [3.63, 3.8) is 0 Å². The van der Waals surface area contributed by atoms with Crippen LogP contribution in [0, 0.1) is 6.92 Å². The predicted molar refractivity (Wildman–Crippen MR) is 93.2 cm³/mol. The van der Waals surface area contributed by atoms with Gasteiger partial charge in [-0.2, -0.15) is 0 Å². The zero-order chi connectivity index (χ0) is 16.9. The van der Waals surface area contributed by atoms with Gasteiger partial charge < -0.3 is 10.1 Å². The van der Waals surface area contributed by atoms with Crippen molar-refractivity contribution in [3.8, 4) is 17.0 Å². The summed E-state index contributed by atoms with van der Waals surface area (Å²) in [5.41, 5.74) is 2.98. The first-order valence-corrected chi connectivity index (χ1v) is 7.51. The number of carbonyl (C=O) groups excluding carboxylic acids is 1. The molecule has 2 aromatic carbocycles. The van der Waals surface area contributed by atoms with Crippen molar-refractivity contribution in [3.05, 3.63) is 72.2 Å². The van der Waals surface area contributed by atoms with Gasteiger partial charge in [0.2, 0.25) is 0 Å². The number of hydrogen-bond acceptors (Lipinski definition) is 4. The summed E-state index contributed by atoms with van der Waals surface area (Å²) in [5.74, 6) is 1.16. The first kappa shape index (κ1) is 15.7. The highest BCUT2D eigenvalue weighted by Gasteiger charge is 2.08. The molecular weight excluding hydrogens is 302 g/mol. The van der Waals surface area contributed by atoms with E-state index < -0.39 is 0 Å². The van der Waals surface area contributed by atoms with Gasteiger partial charge in [-0.1, -0.05) is 18.2 Å². The summed E-state index contributed by atoms with van der Waals surface area (Å²) < 4.78 is 5.15. The number of carbonyl (C=O) groups is 1. The van der Waals surface area contributed by atoms with E-state index in [9.17, 15) is 4.79 Å². The van der Waals surface area contributed by atoms with Crippen LogP contribution in [0.25, 0.3) is 11.3 Å². The third kappa shape index (κ3) is 3.57. The highest BCUT2D eigenvalue weighted by atomic mass is 16.5. The van der Waals surface area contributed by atoms with Crippen LogP contribution in [0.15, 0.2) is 60.8 Å². The normalized spacial score (nSPS) is 10.2. The van der Waals surface area contributed by atoms with Crippen LogP contribution >= 0.6 is 0 Å². The summed E-state index contributed by atoms with van der Waals surface area (Å²) in [5, 5.41) is 2.90. The molecule has 0 fully saturated rings. The molecule has 5 heteroatoms. The number of hydrogen-bond donors (Lipinski definition) is 1. The molecule has 1 amide bonds. The maximum Gasteiger partial charge on any atom is 0.255 e. The first-order chi connectivity index (χ1) is 11.7. The average Bonchev–Trinajstić information content (AvgIpc) is 2.62. The summed E-state index contributed by atoms with van der Waals surface area (Å²) in [4.78, 5) is 20.9. The van der Waals surface area contributed by atoms with Gasteiger partial charge in [-0.05, 0) is 43.3 Å². The van der Waals surface area contributed by atoms with Gasteiger partial charge in [0.1, 0.15) is 11.6 Å². The van der Waals surface area contributed by atoms with E-state index in [1.807, 2.05) is 37.3 Å². The third-order valence-corrected chi connectivity index (χ3v) is 3.52. The number of aromatic nitrogens is 2. The van der Waals surface area contributed by atoms with Gasteiger partial charge in [0.25, 0.3) is 5.91 Å². The van der Waals surface area contributed by atoms with Crippen LogP contribution in [-0.2, 0) is 0 Å². The van der Waals surface area contributed by atoms with Gasteiger partial charge in [-0.25, -0.2) is 9.97 Å². The Bertz CT molecular complexity index is 878. The Labute approximate surface area is 140 Å². The molecule has 3 rings (SSSR count). The molecule has 0 spiro atoms. The summed E-state index contributed by atoms with van der Waals surface area (Å²) in [6, 6.07) is 16.4. The van der Waals surface area contributed by atoms with Gasteiger partial charge >= 0.3 is 0 Å². The number of amides is 1. The number of nitrogens with zero attached hydrogens (tertiary/aromatic N) is 2. The number of rotatable bonds is 4. The van der Waals surface area contributed by atoms with E-state index in [0.717, 1.165) is 11.3 Å². The molecule has 3 aromatic rings. The van der Waals surface area contributed by atoms with E-state index in [1.165, 1.54) is 0 Å². The minimum absolute atomic E-state index is 0.190. The molecule has 24 heavy (non-hydrogen) atoms. The molecule has 120 valence electrons. The Kier molecular flexibility index (Phi) is 4.52. The molecule has 5 nitrogen and oxygen atoms in total. The number of benzene rings is 2. The molecule has 0 aliphatic rings.